The van der Waals surface area contributed by atoms with Crippen molar-refractivity contribution in [1.82, 2.24) is 20.6 Å². The number of carboxylic acid groups (broad SMARTS) is 1. The Balaban J connectivity index is 0.000000218. The maximum absolute atomic E-state index is 13.1. The molecule has 0 radical (unpaired) electrons. The molecule has 0 unspecified atom stereocenters. The zero-order chi connectivity index (χ0) is 40.9. The van der Waals surface area contributed by atoms with Crippen molar-refractivity contribution in [3.8, 4) is 23.3 Å². The van der Waals surface area contributed by atoms with Crippen molar-refractivity contribution in [2.24, 2.45) is 0 Å². The standard InChI is InChI=1S/C21H16ClFN2O4.C20H14ClFN2O4/c1-28-21(27)14-4-2-13(3-5-14)11-24-19(26)18-10-15(22)12-25-20(18)29-17-8-6-16(23)7-9-17;21-14-9-17(19(24-11-14)28-16-7-5-15(22)6-8-16)18(25)23-10-12-1-3-13(4-2-12)20(26)27/h2-10,12H,11H2,1H3,(H,24,26);1-9,11H,10H2,(H,23,25)(H,26,27). The highest BCUT2D eigenvalue weighted by Crippen LogP contribution is 2.27. The van der Waals surface area contributed by atoms with Gasteiger partial charge in [-0.3, -0.25) is 9.59 Å². The Labute approximate surface area is 334 Å². The molecule has 0 bridgehead atoms. The summed E-state index contributed by atoms with van der Waals surface area (Å²) >= 11 is 11.9. The van der Waals surface area contributed by atoms with Crippen LogP contribution in [0.2, 0.25) is 10.0 Å². The van der Waals surface area contributed by atoms with Crippen LogP contribution in [0.3, 0.4) is 0 Å². The lowest BCUT2D eigenvalue weighted by molar-refractivity contribution is 0.0599. The second kappa shape index (κ2) is 19.6. The predicted octanol–water partition coefficient (Wildman–Crippen LogP) is 8.68. The number of rotatable bonds is 12. The van der Waals surface area contributed by atoms with E-state index in [2.05, 4.69) is 25.3 Å². The molecule has 6 rings (SSSR count). The van der Waals surface area contributed by atoms with Crippen LogP contribution in [-0.4, -0.2) is 45.9 Å². The second-order valence-corrected chi connectivity index (χ2v) is 12.6. The predicted molar refractivity (Wildman–Crippen MR) is 205 cm³/mol. The third-order valence-electron chi connectivity index (χ3n) is 7.66. The van der Waals surface area contributed by atoms with Crippen LogP contribution >= 0.6 is 23.2 Å². The second-order valence-electron chi connectivity index (χ2n) is 11.7. The number of benzene rings is 4. The SMILES string of the molecule is COC(=O)c1ccc(CNC(=O)c2cc(Cl)cnc2Oc2ccc(F)cc2)cc1.O=C(O)c1ccc(CNC(=O)c2cc(Cl)cnc2Oc2ccc(F)cc2)cc1. The maximum atomic E-state index is 13.1. The fraction of sp³-hybridized carbons (Fsp3) is 0.0732. The van der Waals surface area contributed by atoms with Gasteiger partial charge in [-0.25, -0.2) is 28.3 Å². The first-order chi connectivity index (χ1) is 27.4. The third-order valence-corrected chi connectivity index (χ3v) is 8.08. The van der Waals surface area contributed by atoms with Gasteiger partial charge in [-0.2, -0.15) is 0 Å². The number of hydrogen-bond donors (Lipinski definition) is 3. The van der Waals surface area contributed by atoms with Crippen LogP contribution in [0.5, 0.6) is 23.3 Å². The summed E-state index contributed by atoms with van der Waals surface area (Å²) in [6.07, 6.45) is 2.69. The number of esters is 1. The van der Waals surface area contributed by atoms with Crippen molar-refractivity contribution in [3.63, 3.8) is 0 Å². The molecule has 0 saturated heterocycles. The number of hydrogen-bond acceptors (Lipinski definition) is 9. The molecular weight excluding hydrogens is 785 g/mol. The number of halogens is 4. The van der Waals surface area contributed by atoms with Gasteiger partial charge >= 0.3 is 11.9 Å². The van der Waals surface area contributed by atoms with Gasteiger partial charge in [0.05, 0.1) is 28.3 Å². The van der Waals surface area contributed by atoms with E-state index in [4.69, 9.17) is 37.8 Å². The molecule has 3 N–H and O–H groups in total. The Morgan fingerprint density at radius 3 is 1.37 bits per heavy atom. The van der Waals surface area contributed by atoms with Crippen LogP contribution in [-0.2, 0) is 17.8 Å². The lowest BCUT2D eigenvalue weighted by Crippen LogP contribution is -2.23. The van der Waals surface area contributed by atoms with Crippen molar-refractivity contribution < 1.29 is 47.3 Å². The van der Waals surface area contributed by atoms with Gasteiger partial charge in [0.15, 0.2) is 0 Å². The molecule has 0 atom stereocenters. The van der Waals surface area contributed by atoms with Crippen molar-refractivity contribution in [2.45, 2.75) is 13.1 Å². The van der Waals surface area contributed by atoms with Gasteiger partial charge in [0, 0.05) is 25.5 Å². The molecule has 0 saturated carbocycles. The number of aromatic nitrogens is 2. The minimum Gasteiger partial charge on any atom is -0.478 e. The summed E-state index contributed by atoms with van der Waals surface area (Å²) in [4.78, 5) is 55.6. The topological polar surface area (TPSA) is 166 Å². The maximum Gasteiger partial charge on any atom is 0.337 e. The number of ether oxygens (including phenoxy) is 3. The van der Waals surface area contributed by atoms with Crippen LogP contribution in [0.25, 0.3) is 0 Å². The van der Waals surface area contributed by atoms with Crippen molar-refractivity contribution in [2.75, 3.05) is 7.11 Å². The van der Waals surface area contributed by atoms with Gasteiger partial charge < -0.3 is 30.0 Å². The van der Waals surface area contributed by atoms with Crippen molar-refractivity contribution >= 4 is 47.0 Å². The van der Waals surface area contributed by atoms with Crippen LogP contribution < -0.4 is 20.1 Å². The average molecular weight is 816 g/mol. The zero-order valence-corrected chi connectivity index (χ0v) is 31.2. The van der Waals surface area contributed by atoms with E-state index < -0.39 is 35.4 Å². The third kappa shape index (κ3) is 12.0. The summed E-state index contributed by atoms with van der Waals surface area (Å²) in [6.45, 7) is 0.379. The summed E-state index contributed by atoms with van der Waals surface area (Å²) in [6, 6.07) is 26.2. The first-order valence-electron chi connectivity index (χ1n) is 16.6. The van der Waals surface area contributed by atoms with Gasteiger partial charge in [0.1, 0.15) is 34.3 Å². The molecule has 0 fully saturated rings. The molecular formula is C41H30Cl2F2N4O8. The molecule has 4 aromatic carbocycles. The van der Waals surface area contributed by atoms with Crippen LogP contribution in [0.1, 0.15) is 52.6 Å². The first-order valence-corrected chi connectivity index (χ1v) is 17.4. The monoisotopic (exact) mass is 814 g/mol. The molecule has 0 aliphatic heterocycles. The quantitative estimate of drug-likeness (QED) is 0.102. The number of aromatic carboxylic acids is 1. The number of methoxy groups -OCH3 is 1. The van der Waals surface area contributed by atoms with Gasteiger partial charge in [-0.05, 0) is 96.1 Å². The molecule has 2 aromatic heterocycles. The number of carbonyl (C=O) groups excluding carboxylic acids is 3. The van der Waals surface area contributed by atoms with Gasteiger partial charge in [0.2, 0.25) is 11.8 Å². The summed E-state index contributed by atoms with van der Waals surface area (Å²) in [5.74, 6) is -2.50. The van der Waals surface area contributed by atoms with E-state index in [0.29, 0.717) is 22.6 Å². The van der Waals surface area contributed by atoms with Gasteiger partial charge in [0.25, 0.3) is 11.8 Å². The number of amides is 2. The molecule has 0 spiro atoms. The van der Waals surface area contributed by atoms with E-state index in [0.717, 1.165) is 5.56 Å². The van der Waals surface area contributed by atoms with Crippen LogP contribution in [0, 0.1) is 11.6 Å². The van der Waals surface area contributed by atoms with E-state index in [1.54, 1.807) is 36.4 Å². The van der Waals surface area contributed by atoms with Gasteiger partial charge in [-0.1, -0.05) is 47.5 Å². The Morgan fingerprint density at radius 1 is 0.614 bits per heavy atom. The molecule has 2 amide bonds. The number of pyridine rings is 2. The molecule has 0 aliphatic rings. The number of nitrogens with zero attached hydrogens (tertiary/aromatic N) is 2. The zero-order valence-electron chi connectivity index (χ0n) is 29.7. The summed E-state index contributed by atoms with van der Waals surface area (Å²) in [5.41, 5.74) is 2.31. The molecule has 2 heterocycles. The van der Waals surface area contributed by atoms with E-state index in [1.165, 1.54) is 92.3 Å². The van der Waals surface area contributed by atoms with Crippen LogP contribution in [0.4, 0.5) is 8.78 Å². The number of carbonyl (C=O) groups is 4. The minimum absolute atomic E-state index is 0.0229. The normalized spacial score (nSPS) is 10.3. The first kappa shape index (κ1) is 41.3. The lowest BCUT2D eigenvalue weighted by atomic mass is 10.1. The summed E-state index contributed by atoms with van der Waals surface area (Å²) < 4.78 is 41.9. The van der Waals surface area contributed by atoms with E-state index in [-0.39, 0.29) is 51.6 Å². The van der Waals surface area contributed by atoms with Gasteiger partial charge in [-0.15, -0.1) is 0 Å². The average Bonchev–Trinajstić information content (AvgIpc) is 3.22. The Bertz CT molecular complexity index is 2370. The fourth-order valence-electron chi connectivity index (χ4n) is 4.77. The largest absolute Gasteiger partial charge is 0.478 e. The Hall–Kier alpha value is -6.90. The highest BCUT2D eigenvalue weighted by Gasteiger charge is 2.18. The molecule has 0 aliphatic carbocycles. The smallest absolute Gasteiger partial charge is 0.337 e. The molecule has 290 valence electrons. The number of nitrogens with one attached hydrogen (secondary N) is 2. The van der Waals surface area contributed by atoms with E-state index in [1.807, 2.05) is 0 Å². The summed E-state index contributed by atoms with van der Waals surface area (Å²) in [7, 11) is 1.31. The molecule has 16 heteroatoms. The van der Waals surface area contributed by atoms with Crippen molar-refractivity contribution in [3.05, 3.63) is 177 Å². The lowest BCUT2D eigenvalue weighted by Gasteiger charge is -2.11. The highest BCUT2D eigenvalue weighted by molar-refractivity contribution is 6.31. The molecule has 12 nitrogen and oxygen atoms in total. The Kier molecular flexibility index (Phi) is 14.2. The van der Waals surface area contributed by atoms with Crippen molar-refractivity contribution in [1.29, 1.82) is 0 Å². The fourth-order valence-corrected chi connectivity index (χ4v) is 5.08. The van der Waals surface area contributed by atoms with E-state index >= 15 is 0 Å². The van der Waals surface area contributed by atoms with Crippen LogP contribution in [0.15, 0.2) is 122 Å². The number of carboxylic acids is 1. The molecule has 6 aromatic rings. The molecule has 57 heavy (non-hydrogen) atoms. The Morgan fingerprint density at radius 2 is 1.00 bits per heavy atom. The summed E-state index contributed by atoms with van der Waals surface area (Å²) in [5, 5.41) is 14.9. The minimum atomic E-state index is -1.02. The van der Waals surface area contributed by atoms with E-state index in [9.17, 15) is 28.0 Å². The highest BCUT2D eigenvalue weighted by atomic mass is 35.5.